The lowest BCUT2D eigenvalue weighted by molar-refractivity contribution is -0.123. The Hall–Kier alpha value is -2.10. The Bertz CT molecular complexity index is 1070. The molecule has 9 heteroatoms. The Morgan fingerprint density at radius 1 is 1.25 bits per heavy atom. The molecule has 1 amide bonds. The molecular formula is C19H17NO5S3. The Labute approximate surface area is 172 Å². The Kier molecular flexibility index (Phi) is 5.07. The first kappa shape index (κ1) is 19.2. The van der Waals surface area contributed by atoms with Gasteiger partial charge in [-0.15, -0.1) is 0 Å². The molecule has 1 aromatic carbocycles. The van der Waals surface area contributed by atoms with Crippen LogP contribution in [-0.2, 0) is 14.6 Å². The van der Waals surface area contributed by atoms with Crippen LogP contribution in [0.1, 0.15) is 12.2 Å². The van der Waals surface area contributed by atoms with Gasteiger partial charge in [0, 0.05) is 11.6 Å². The summed E-state index contributed by atoms with van der Waals surface area (Å²) >= 11 is 6.49. The number of amides is 1. The number of benzene rings is 1. The predicted octanol–water partition coefficient (Wildman–Crippen LogP) is 3.34. The van der Waals surface area contributed by atoms with Gasteiger partial charge >= 0.3 is 0 Å². The standard InChI is InChI=1S/C19H17NO5S3/c1-24-14-4-2-12(3-5-14)16-7-6-15(25-16)10-17-18(21)20(19(26)27-17)13-8-9-28(22,23)11-13/h2-7,10,13H,8-9,11H2,1H3/b17-10+. The summed E-state index contributed by atoms with van der Waals surface area (Å²) in [5.41, 5.74) is 0.893. The zero-order chi connectivity index (χ0) is 19.9. The molecule has 0 bridgehead atoms. The predicted molar refractivity (Wildman–Crippen MR) is 113 cm³/mol. The number of thiocarbonyl (C=S) groups is 1. The molecule has 4 rings (SSSR count). The van der Waals surface area contributed by atoms with Crippen molar-refractivity contribution in [3.05, 3.63) is 47.1 Å². The number of methoxy groups -OCH3 is 1. The summed E-state index contributed by atoms with van der Waals surface area (Å²) in [6.07, 6.45) is 2.07. The number of nitrogens with zero attached hydrogens (tertiary/aromatic N) is 1. The van der Waals surface area contributed by atoms with E-state index >= 15 is 0 Å². The van der Waals surface area contributed by atoms with E-state index in [4.69, 9.17) is 21.4 Å². The fourth-order valence-electron chi connectivity index (χ4n) is 3.24. The number of hydrogen-bond acceptors (Lipinski definition) is 7. The molecule has 0 aliphatic carbocycles. The van der Waals surface area contributed by atoms with Gasteiger partial charge in [-0.3, -0.25) is 9.69 Å². The highest BCUT2D eigenvalue weighted by Crippen LogP contribution is 2.37. The number of rotatable bonds is 4. The molecule has 1 aromatic heterocycles. The van der Waals surface area contributed by atoms with E-state index in [1.807, 2.05) is 30.3 Å². The van der Waals surface area contributed by atoms with Crippen molar-refractivity contribution in [2.75, 3.05) is 18.6 Å². The van der Waals surface area contributed by atoms with Crippen LogP contribution in [-0.4, -0.2) is 48.2 Å². The number of hydrogen-bond donors (Lipinski definition) is 0. The van der Waals surface area contributed by atoms with Crippen molar-refractivity contribution in [2.24, 2.45) is 0 Å². The molecule has 0 radical (unpaired) electrons. The zero-order valence-electron chi connectivity index (χ0n) is 15.0. The average molecular weight is 436 g/mol. The largest absolute Gasteiger partial charge is 0.497 e. The van der Waals surface area contributed by atoms with E-state index in [1.165, 1.54) is 16.7 Å². The van der Waals surface area contributed by atoms with Crippen molar-refractivity contribution in [2.45, 2.75) is 12.5 Å². The van der Waals surface area contributed by atoms with Gasteiger partial charge < -0.3 is 9.15 Å². The zero-order valence-corrected chi connectivity index (χ0v) is 17.4. The fourth-order valence-corrected chi connectivity index (χ4v) is 6.32. The first-order chi connectivity index (χ1) is 13.4. The van der Waals surface area contributed by atoms with E-state index in [1.54, 1.807) is 19.3 Å². The molecule has 28 heavy (non-hydrogen) atoms. The second-order valence-corrected chi connectivity index (χ2v) is 10.4. The van der Waals surface area contributed by atoms with Crippen molar-refractivity contribution >= 4 is 50.1 Å². The molecule has 2 aliphatic heterocycles. The summed E-state index contributed by atoms with van der Waals surface area (Å²) in [4.78, 5) is 14.6. The van der Waals surface area contributed by atoms with Gasteiger partial charge in [0.05, 0.1) is 29.6 Å². The summed E-state index contributed by atoms with van der Waals surface area (Å²) in [6.45, 7) is 0. The smallest absolute Gasteiger partial charge is 0.266 e. The van der Waals surface area contributed by atoms with Crippen molar-refractivity contribution in [1.82, 2.24) is 4.90 Å². The maximum absolute atomic E-state index is 12.8. The Balaban J connectivity index is 1.54. The fraction of sp³-hybridized carbons (Fsp3) is 0.263. The van der Waals surface area contributed by atoms with Crippen molar-refractivity contribution in [3.63, 3.8) is 0 Å². The summed E-state index contributed by atoms with van der Waals surface area (Å²) in [5.74, 6) is 1.76. The van der Waals surface area contributed by atoms with Gasteiger partial charge in [-0.05, 0) is 42.8 Å². The third kappa shape index (κ3) is 3.74. The van der Waals surface area contributed by atoms with Crippen LogP contribution in [0.2, 0.25) is 0 Å². The Morgan fingerprint density at radius 3 is 2.64 bits per heavy atom. The van der Waals surface area contributed by atoms with Crippen molar-refractivity contribution in [1.29, 1.82) is 0 Å². The molecular weight excluding hydrogens is 418 g/mol. The molecule has 2 fully saturated rings. The average Bonchev–Trinajstić information content (AvgIpc) is 3.34. The number of furan rings is 1. The molecule has 2 aromatic rings. The lowest BCUT2D eigenvalue weighted by Crippen LogP contribution is -2.39. The highest BCUT2D eigenvalue weighted by Gasteiger charge is 2.42. The normalized spacial score (nSPS) is 23.0. The van der Waals surface area contributed by atoms with Gasteiger partial charge in [-0.1, -0.05) is 24.0 Å². The monoisotopic (exact) mass is 435 g/mol. The summed E-state index contributed by atoms with van der Waals surface area (Å²) in [6, 6.07) is 10.7. The van der Waals surface area contributed by atoms with Crippen molar-refractivity contribution < 1.29 is 22.4 Å². The minimum atomic E-state index is -3.10. The number of thioether (sulfide) groups is 1. The maximum atomic E-state index is 12.8. The van der Waals surface area contributed by atoms with Crippen LogP contribution in [0.5, 0.6) is 5.75 Å². The summed E-state index contributed by atoms with van der Waals surface area (Å²) in [5, 5.41) is 0. The number of carbonyl (C=O) groups is 1. The summed E-state index contributed by atoms with van der Waals surface area (Å²) in [7, 11) is -1.49. The number of ether oxygens (including phenoxy) is 1. The lowest BCUT2D eigenvalue weighted by Gasteiger charge is -2.20. The first-order valence-corrected chi connectivity index (χ1v) is 11.6. The van der Waals surface area contributed by atoms with Crippen LogP contribution in [0.15, 0.2) is 45.7 Å². The van der Waals surface area contributed by atoms with Crippen LogP contribution in [0.25, 0.3) is 17.4 Å². The SMILES string of the molecule is COc1ccc(-c2ccc(/C=C3/SC(=S)N(C4CCS(=O)(=O)C4)C3=O)o2)cc1. The van der Waals surface area contributed by atoms with Gasteiger partial charge in [0.1, 0.15) is 21.6 Å². The van der Waals surface area contributed by atoms with Gasteiger partial charge in [0.25, 0.3) is 5.91 Å². The number of sulfone groups is 1. The van der Waals surface area contributed by atoms with Gasteiger partial charge in [-0.2, -0.15) is 0 Å². The van der Waals surface area contributed by atoms with Crippen molar-refractivity contribution in [3.8, 4) is 17.1 Å². The van der Waals surface area contributed by atoms with Crippen LogP contribution in [0, 0.1) is 0 Å². The quantitative estimate of drug-likeness (QED) is 0.538. The van der Waals surface area contributed by atoms with E-state index in [9.17, 15) is 13.2 Å². The molecule has 146 valence electrons. The third-order valence-electron chi connectivity index (χ3n) is 4.67. The van der Waals surface area contributed by atoms with Crippen LogP contribution < -0.4 is 4.74 Å². The topological polar surface area (TPSA) is 76.8 Å². The lowest BCUT2D eigenvalue weighted by atomic mass is 10.2. The van der Waals surface area contributed by atoms with Crippen LogP contribution in [0.3, 0.4) is 0 Å². The van der Waals surface area contributed by atoms with Gasteiger partial charge in [0.15, 0.2) is 9.84 Å². The molecule has 0 N–H and O–H groups in total. The van der Waals surface area contributed by atoms with Crippen LogP contribution >= 0.6 is 24.0 Å². The Morgan fingerprint density at radius 2 is 2.00 bits per heavy atom. The maximum Gasteiger partial charge on any atom is 0.266 e. The van der Waals surface area contributed by atoms with E-state index < -0.39 is 9.84 Å². The molecule has 0 spiro atoms. The second-order valence-electron chi connectivity index (χ2n) is 6.54. The summed E-state index contributed by atoms with van der Waals surface area (Å²) < 4.78 is 34.9. The third-order valence-corrected chi connectivity index (χ3v) is 7.75. The van der Waals surface area contributed by atoms with E-state index in [0.29, 0.717) is 27.2 Å². The van der Waals surface area contributed by atoms with Gasteiger partial charge in [0.2, 0.25) is 0 Å². The van der Waals surface area contributed by atoms with Gasteiger partial charge in [-0.25, -0.2) is 8.42 Å². The van der Waals surface area contributed by atoms with E-state index in [2.05, 4.69) is 0 Å². The first-order valence-electron chi connectivity index (χ1n) is 8.58. The highest BCUT2D eigenvalue weighted by molar-refractivity contribution is 8.26. The molecule has 0 saturated carbocycles. The molecule has 3 heterocycles. The molecule has 1 unspecified atom stereocenters. The highest BCUT2D eigenvalue weighted by atomic mass is 32.2. The molecule has 6 nitrogen and oxygen atoms in total. The molecule has 1 atom stereocenters. The minimum absolute atomic E-state index is 0.0326. The molecule has 2 saturated heterocycles. The molecule has 2 aliphatic rings. The second kappa shape index (κ2) is 7.38. The van der Waals surface area contributed by atoms with E-state index in [-0.39, 0.29) is 23.5 Å². The van der Waals surface area contributed by atoms with E-state index in [0.717, 1.165) is 11.3 Å². The number of carbonyl (C=O) groups excluding carboxylic acids is 1. The minimum Gasteiger partial charge on any atom is -0.497 e. The van der Waals surface area contributed by atoms with Crippen LogP contribution in [0.4, 0.5) is 0 Å².